The highest BCUT2D eigenvalue weighted by Crippen LogP contribution is 2.12. The van der Waals surface area contributed by atoms with E-state index in [1.807, 2.05) is 0 Å². The van der Waals surface area contributed by atoms with Crippen molar-refractivity contribution in [1.29, 1.82) is 0 Å². The molecule has 0 aliphatic rings. The molecule has 0 aromatic heterocycles. The van der Waals surface area contributed by atoms with Crippen LogP contribution >= 0.6 is 0 Å². The van der Waals surface area contributed by atoms with Crippen LogP contribution in [0.25, 0.3) is 0 Å². The number of hydrogen-bond donors (Lipinski definition) is 14. The Morgan fingerprint density at radius 2 is 0.471 bits per heavy atom. The van der Waals surface area contributed by atoms with E-state index >= 15 is 0 Å². The molecule has 0 atom stereocenters. The Balaban J connectivity index is -0.0000000699. The molecule has 14 N–H and O–H groups in total. The van der Waals surface area contributed by atoms with E-state index in [1.165, 1.54) is 20.8 Å². The number of aliphatic hydroxyl groups excluding tert-OH is 8. The van der Waals surface area contributed by atoms with E-state index < -0.39 is 99.5 Å². The normalized spacial score (nSPS) is 8.76. The van der Waals surface area contributed by atoms with Gasteiger partial charge in [-0.2, -0.15) is 0 Å². The topological polar surface area (TPSA) is 386 Å². The van der Waals surface area contributed by atoms with Gasteiger partial charge in [0.2, 0.25) is 0 Å². The van der Waals surface area contributed by atoms with Crippen LogP contribution in [0.5, 0.6) is 0 Å². The Morgan fingerprint density at radius 3 is 0.471 bits per heavy atom. The molecule has 0 spiro atoms. The van der Waals surface area contributed by atoms with Crippen LogP contribution in [0.4, 0.5) is 0 Å². The van der Waals surface area contributed by atoms with Gasteiger partial charge in [0.15, 0.2) is 0 Å². The van der Waals surface area contributed by atoms with Crippen LogP contribution in [0.1, 0.15) is 20.8 Å². The van der Waals surface area contributed by atoms with Gasteiger partial charge < -0.3 is 71.5 Å². The van der Waals surface area contributed by atoms with Gasteiger partial charge in [-0.05, 0) is 20.8 Å². The summed E-state index contributed by atoms with van der Waals surface area (Å²) in [5, 5.41) is 114. The fourth-order valence-corrected chi connectivity index (χ4v) is 0.600. The molecule has 0 aliphatic heterocycles. The predicted molar refractivity (Wildman–Crippen MR) is 182 cm³/mol. The van der Waals surface area contributed by atoms with Crippen molar-refractivity contribution in [3.8, 4) is 0 Å². The summed E-state index contributed by atoms with van der Waals surface area (Å²) in [6.07, 6.45) is 2.50. The van der Waals surface area contributed by atoms with Crippen LogP contribution in [-0.4, -0.2) is 160 Å². The summed E-state index contributed by atoms with van der Waals surface area (Å²) in [4.78, 5) is 56.5. The zero-order valence-corrected chi connectivity index (χ0v) is 28.8. The van der Waals surface area contributed by atoms with Crippen molar-refractivity contribution >= 4 is 35.8 Å². The molecule has 0 aliphatic carbocycles. The molecule has 0 fully saturated rings. The summed E-state index contributed by atoms with van der Waals surface area (Å²) < 4.78 is 0. The van der Waals surface area contributed by atoms with Crippen LogP contribution in [-0.2, 0) is 28.8 Å². The highest BCUT2D eigenvalue weighted by molar-refractivity contribution is 5.85. The van der Waals surface area contributed by atoms with Crippen molar-refractivity contribution in [3.05, 3.63) is 74.4 Å². The molecule has 20 nitrogen and oxygen atoms in total. The second kappa shape index (κ2) is 43.0. The molecule has 0 aromatic carbocycles. The molecule has 0 aromatic rings. The first-order chi connectivity index (χ1) is 23.2. The molecule has 0 unspecified atom stereocenters. The zero-order chi connectivity index (χ0) is 43.0. The average Bonchev–Trinajstić information content (AvgIpc) is 3.09. The molecule has 0 rings (SSSR count). The summed E-state index contributed by atoms with van der Waals surface area (Å²) in [7, 11) is 0. The first kappa shape index (κ1) is 64.5. The lowest BCUT2D eigenvalue weighted by molar-refractivity contribution is -0.133. The molecule has 0 saturated carbocycles. The van der Waals surface area contributed by atoms with Crippen molar-refractivity contribution in [3.63, 3.8) is 0 Å². The molecule has 298 valence electrons. The number of hydrogen-bond acceptors (Lipinski definition) is 14. The number of aliphatic carboxylic acids is 6. The van der Waals surface area contributed by atoms with Crippen LogP contribution in [0.3, 0.4) is 0 Å². The molecule has 0 amide bonds. The van der Waals surface area contributed by atoms with Gasteiger partial charge in [-0.3, -0.25) is 0 Å². The standard InChI is InChI=1S/2C5H12O4.3C4H6O2.3C3H4O2/c2*6-1-5(2-7,3-8)4-9;3*1-3(2)4(5)6;3*1-2-3(4)5/h2*6-9H,1-4H2;3*1H2,2H3,(H,5,6);3*2H,1H2,(H,4,5). The summed E-state index contributed by atoms with van der Waals surface area (Å²) >= 11 is 0. The van der Waals surface area contributed by atoms with Crippen molar-refractivity contribution < 1.29 is 100 Å². The predicted octanol–water partition coefficient (Wildman–Crippen LogP) is -1.40. The smallest absolute Gasteiger partial charge is 0.330 e. The van der Waals surface area contributed by atoms with E-state index in [1.54, 1.807) is 0 Å². The van der Waals surface area contributed by atoms with Crippen LogP contribution in [0.15, 0.2) is 74.4 Å². The van der Waals surface area contributed by atoms with Crippen molar-refractivity contribution in [2.75, 3.05) is 52.9 Å². The van der Waals surface area contributed by atoms with E-state index in [4.69, 9.17) is 71.5 Å². The van der Waals surface area contributed by atoms with Gasteiger partial charge in [0.05, 0.1) is 63.7 Å². The summed E-state index contributed by atoms with van der Waals surface area (Å²) in [6, 6.07) is 0. The molecule has 51 heavy (non-hydrogen) atoms. The largest absolute Gasteiger partial charge is 0.478 e. The van der Waals surface area contributed by atoms with Gasteiger partial charge >= 0.3 is 35.8 Å². The maximum absolute atomic E-state index is 9.60. The first-order valence-electron chi connectivity index (χ1n) is 13.3. The van der Waals surface area contributed by atoms with E-state index in [0.717, 1.165) is 18.2 Å². The highest BCUT2D eigenvalue weighted by Gasteiger charge is 2.27. The monoisotopic (exact) mass is 746 g/mol. The lowest BCUT2D eigenvalue weighted by Gasteiger charge is -2.23. The minimum Gasteiger partial charge on any atom is -0.478 e. The molecule has 0 bridgehead atoms. The Bertz CT molecular complexity index is 863. The van der Waals surface area contributed by atoms with Gasteiger partial charge in [-0.25, -0.2) is 28.8 Å². The minimum absolute atomic E-state index is 0.176. The van der Waals surface area contributed by atoms with Crippen LogP contribution < -0.4 is 0 Å². The fraction of sp³-hybridized carbons (Fsp3) is 0.419. The number of carboxylic acid groups (broad SMARTS) is 6. The first-order valence-corrected chi connectivity index (χ1v) is 13.3. The molecule has 0 saturated heterocycles. The Hall–Kier alpha value is -5.06. The molecular formula is C31H54O20. The zero-order valence-electron chi connectivity index (χ0n) is 28.8. The SMILES string of the molecule is C=C(C)C(=O)O.C=C(C)C(=O)O.C=C(C)C(=O)O.C=CC(=O)O.C=CC(=O)O.C=CC(=O)O.OCC(CO)(CO)CO.OCC(CO)(CO)CO. The lowest BCUT2D eigenvalue weighted by atomic mass is 9.93. The van der Waals surface area contributed by atoms with Gasteiger partial charge in [0.1, 0.15) is 0 Å². The number of carbonyl (C=O) groups is 6. The van der Waals surface area contributed by atoms with E-state index in [2.05, 4.69) is 39.5 Å². The maximum atomic E-state index is 9.60. The lowest BCUT2D eigenvalue weighted by Crippen LogP contribution is -2.37. The van der Waals surface area contributed by atoms with E-state index in [0.29, 0.717) is 0 Å². The van der Waals surface area contributed by atoms with Gasteiger partial charge in [-0.1, -0.05) is 39.5 Å². The number of aliphatic hydroxyl groups is 8. The van der Waals surface area contributed by atoms with Crippen LogP contribution in [0, 0.1) is 10.8 Å². The van der Waals surface area contributed by atoms with Crippen molar-refractivity contribution in [1.82, 2.24) is 0 Å². The Kier molecular flexibility index (Phi) is 54.3. The number of rotatable bonds is 14. The summed E-state index contributed by atoms with van der Waals surface area (Å²) in [6.45, 7) is 19.4. The maximum Gasteiger partial charge on any atom is 0.330 e. The summed E-state index contributed by atoms with van der Waals surface area (Å²) in [5.41, 5.74) is -1.69. The van der Waals surface area contributed by atoms with Gasteiger partial charge in [0, 0.05) is 34.9 Å². The van der Waals surface area contributed by atoms with Crippen LogP contribution in [0.2, 0.25) is 0 Å². The molecule has 0 heterocycles. The van der Waals surface area contributed by atoms with Gasteiger partial charge in [-0.15, -0.1) is 0 Å². The molecular weight excluding hydrogens is 692 g/mol. The quantitative estimate of drug-likeness (QED) is 0.0908. The minimum atomic E-state index is -1.11. The third-order valence-corrected chi connectivity index (χ3v) is 4.30. The second-order valence-electron chi connectivity index (χ2n) is 9.15. The number of carboxylic acids is 6. The fourth-order valence-electron chi connectivity index (χ4n) is 0.600. The van der Waals surface area contributed by atoms with E-state index in [-0.39, 0.29) is 16.7 Å². The third kappa shape index (κ3) is 60.7. The second-order valence-corrected chi connectivity index (χ2v) is 9.15. The third-order valence-electron chi connectivity index (χ3n) is 4.30. The Morgan fingerprint density at radius 1 is 0.392 bits per heavy atom. The molecule has 0 radical (unpaired) electrons. The average molecular weight is 747 g/mol. The molecule has 20 heteroatoms. The van der Waals surface area contributed by atoms with E-state index in [9.17, 15) is 28.8 Å². The Labute approximate surface area is 295 Å². The van der Waals surface area contributed by atoms with Gasteiger partial charge in [0.25, 0.3) is 0 Å². The van der Waals surface area contributed by atoms with Crippen molar-refractivity contribution in [2.45, 2.75) is 20.8 Å². The summed E-state index contributed by atoms with van der Waals surface area (Å²) in [5.74, 6) is -5.75. The van der Waals surface area contributed by atoms with Crippen molar-refractivity contribution in [2.24, 2.45) is 10.8 Å². The highest BCUT2D eigenvalue weighted by atomic mass is 16.4.